The molecular formula is C26H30N2O4. The Kier molecular flexibility index (Phi) is 7.71. The number of carbonyl (C=O) groups excluding carboxylic acids is 1. The first-order valence-electron chi connectivity index (χ1n) is 10.8. The molecule has 0 fully saturated rings. The third-order valence-electron chi connectivity index (χ3n) is 5.49. The first kappa shape index (κ1) is 23.1. The number of amides is 1. The molecule has 0 saturated heterocycles. The van der Waals surface area contributed by atoms with Gasteiger partial charge in [-0.05, 0) is 47.4 Å². The number of hydrogen-bond donors (Lipinski definition) is 2. The Morgan fingerprint density at radius 3 is 2.69 bits per heavy atom. The summed E-state index contributed by atoms with van der Waals surface area (Å²) in [7, 11) is 1.54. The summed E-state index contributed by atoms with van der Waals surface area (Å²) in [6, 6.07) is 11.0. The van der Waals surface area contributed by atoms with Crippen molar-refractivity contribution in [1.29, 1.82) is 0 Å². The number of benzene rings is 2. The molecule has 0 bridgehead atoms. The van der Waals surface area contributed by atoms with Crippen molar-refractivity contribution < 1.29 is 19.4 Å². The van der Waals surface area contributed by atoms with Crippen molar-refractivity contribution in [3.05, 3.63) is 77.5 Å². The highest BCUT2D eigenvalue weighted by molar-refractivity contribution is 5.89. The van der Waals surface area contributed by atoms with E-state index < -0.39 is 5.97 Å². The lowest BCUT2D eigenvalue weighted by Gasteiger charge is -2.09. The fourth-order valence-corrected chi connectivity index (χ4v) is 3.84. The molecule has 1 amide bonds. The van der Waals surface area contributed by atoms with Gasteiger partial charge in [-0.25, -0.2) is 4.79 Å². The second-order valence-electron chi connectivity index (χ2n) is 7.84. The Labute approximate surface area is 188 Å². The molecule has 0 aliphatic rings. The summed E-state index contributed by atoms with van der Waals surface area (Å²) in [6.07, 6.45) is 6.87. The van der Waals surface area contributed by atoms with E-state index in [9.17, 15) is 14.7 Å². The van der Waals surface area contributed by atoms with E-state index in [0.717, 1.165) is 40.4 Å². The molecular weight excluding hydrogens is 404 g/mol. The Hall–Kier alpha value is -3.54. The minimum atomic E-state index is -0.987. The van der Waals surface area contributed by atoms with Crippen molar-refractivity contribution in [2.45, 2.75) is 39.2 Å². The average Bonchev–Trinajstić information content (AvgIpc) is 3.10. The van der Waals surface area contributed by atoms with Gasteiger partial charge in [0.05, 0.1) is 19.1 Å². The summed E-state index contributed by atoms with van der Waals surface area (Å²) in [5.41, 5.74) is 4.19. The third-order valence-corrected chi connectivity index (χ3v) is 5.49. The lowest BCUT2D eigenvalue weighted by atomic mass is 10.00. The number of allylic oxidation sites excluding steroid dienone is 1. The molecule has 2 aromatic carbocycles. The SMILES string of the molecule is C=CCn1cc(Cc2ccc(C(=O)O)cc2OC)c2cc(CC(=O)NCCCC)ccc21. The van der Waals surface area contributed by atoms with Gasteiger partial charge in [0.1, 0.15) is 5.75 Å². The molecule has 0 saturated carbocycles. The molecule has 3 aromatic rings. The van der Waals surface area contributed by atoms with Gasteiger partial charge in [0, 0.05) is 36.6 Å². The molecule has 6 heteroatoms. The quantitative estimate of drug-likeness (QED) is 0.342. The van der Waals surface area contributed by atoms with E-state index in [4.69, 9.17) is 4.74 Å². The van der Waals surface area contributed by atoms with Crippen LogP contribution >= 0.6 is 0 Å². The molecule has 0 atom stereocenters. The van der Waals surface area contributed by atoms with Crippen molar-refractivity contribution in [3.8, 4) is 5.75 Å². The van der Waals surface area contributed by atoms with Gasteiger partial charge in [0.2, 0.25) is 5.91 Å². The standard InChI is InChI=1S/C26H30N2O4/c1-4-6-11-27-25(29)14-18-7-10-23-22(13-18)21(17-28(23)12-5-2)15-19-8-9-20(26(30)31)16-24(19)32-3/h5,7-10,13,16-17H,2,4,6,11-12,14-15H2,1,3H3,(H,27,29)(H,30,31). The van der Waals surface area contributed by atoms with Gasteiger partial charge >= 0.3 is 5.97 Å². The molecule has 6 nitrogen and oxygen atoms in total. The Bertz CT molecular complexity index is 1130. The maximum absolute atomic E-state index is 12.3. The summed E-state index contributed by atoms with van der Waals surface area (Å²) in [5.74, 6) is -0.420. The molecule has 2 N–H and O–H groups in total. The summed E-state index contributed by atoms with van der Waals surface area (Å²) in [5, 5.41) is 13.3. The van der Waals surface area contributed by atoms with Gasteiger partial charge in [-0.2, -0.15) is 0 Å². The van der Waals surface area contributed by atoms with Gasteiger partial charge in [-0.1, -0.05) is 31.6 Å². The van der Waals surface area contributed by atoms with Crippen LogP contribution in [-0.2, 0) is 24.2 Å². The van der Waals surface area contributed by atoms with Crippen LogP contribution < -0.4 is 10.1 Å². The fraction of sp³-hybridized carbons (Fsp3) is 0.308. The van der Waals surface area contributed by atoms with E-state index in [-0.39, 0.29) is 11.5 Å². The third kappa shape index (κ3) is 5.38. The monoisotopic (exact) mass is 434 g/mol. The van der Waals surface area contributed by atoms with Crippen LogP contribution in [0.3, 0.4) is 0 Å². The number of methoxy groups -OCH3 is 1. The van der Waals surface area contributed by atoms with E-state index in [1.165, 1.54) is 0 Å². The topological polar surface area (TPSA) is 80.6 Å². The van der Waals surface area contributed by atoms with Crippen molar-refractivity contribution in [2.24, 2.45) is 0 Å². The number of carboxylic acids is 1. The number of carbonyl (C=O) groups is 2. The molecule has 0 spiro atoms. The second kappa shape index (κ2) is 10.7. The van der Waals surface area contributed by atoms with Gasteiger partial charge in [0.15, 0.2) is 0 Å². The maximum atomic E-state index is 12.3. The highest BCUT2D eigenvalue weighted by atomic mass is 16.5. The van der Waals surface area contributed by atoms with E-state index in [1.807, 2.05) is 18.2 Å². The number of nitrogens with one attached hydrogen (secondary N) is 1. The number of rotatable bonds is 11. The van der Waals surface area contributed by atoms with Gasteiger partial charge in [-0.15, -0.1) is 6.58 Å². The van der Waals surface area contributed by atoms with Crippen LogP contribution in [0.2, 0.25) is 0 Å². The zero-order valence-electron chi connectivity index (χ0n) is 18.7. The molecule has 0 unspecified atom stereocenters. The van der Waals surface area contributed by atoms with Crippen LogP contribution in [0.1, 0.15) is 46.8 Å². The zero-order chi connectivity index (χ0) is 23.1. The minimum Gasteiger partial charge on any atom is -0.496 e. The van der Waals surface area contributed by atoms with E-state index >= 15 is 0 Å². The molecule has 32 heavy (non-hydrogen) atoms. The molecule has 0 aliphatic heterocycles. The van der Waals surface area contributed by atoms with Crippen LogP contribution in [0.15, 0.2) is 55.3 Å². The zero-order valence-corrected chi connectivity index (χ0v) is 18.7. The highest BCUT2D eigenvalue weighted by Crippen LogP contribution is 2.29. The van der Waals surface area contributed by atoms with Crippen LogP contribution in [0, 0.1) is 0 Å². The Morgan fingerprint density at radius 1 is 1.19 bits per heavy atom. The summed E-state index contributed by atoms with van der Waals surface area (Å²) in [4.78, 5) is 23.6. The molecule has 3 rings (SSSR count). The minimum absolute atomic E-state index is 0.0239. The van der Waals surface area contributed by atoms with Crippen LogP contribution in [0.5, 0.6) is 5.75 Å². The number of fused-ring (bicyclic) bond motifs is 1. The molecule has 1 heterocycles. The van der Waals surface area contributed by atoms with Gasteiger partial charge in [0.25, 0.3) is 0 Å². The summed E-state index contributed by atoms with van der Waals surface area (Å²) >= 11 is 0. The second-order valence-corrected chi connectivity index (χ2v) is 7.84. The predicted molar refractivity (Wildman–Crippen MR) is 127 cm³/mol. The number of aromatic nitrogens is 1. The summed E-state index contributed by atoms with van der Waals surface area (Å²) < 4.78 is 7.58. The van der Waals surface area contributed by atoms with Gasteiger partial charge < -0.3 is 19.7 Å². The van der Waals surface area contributed by atoms with Gasteiger partial charge in [-0.3, -0.25) is 4.79 Å². The van der Waals surface area contributed by atoms with Crippen LogP contribution in [0.25, 0.3) is 10.9 Å². The van der Waals surface area contributed by atoms with E-state index in [0.29, 0.717) is 31.7 Å². The van der Waals surface area contributed by atoms with E-state index in [2.05, 4.69) is 35.6 Å². The van der Waals surface area contributed by atoms with Crippen LogP contribution in [0.4, 0.5) is 0 Å². The van der Waals surface area contributed by atoms with Crippen molar-refractivity contribution in [3.63, 3.8) is 0 Å². The molecule has 168 valence electrons. The maximum Gasteiger partial charge on any atom is 0.335 e. The highest BCUT2D eigenvalue weighted by Gasteiger charge is 2.15. The molecule has 0 radical (unpaired) electrons. The average molecular weight is 435 g/mol. The van der Waals surface area contributed by atoms with Crippen LogP contribution in [-0.4, -0.2) is 35.2 Å². The van der Waals surface area contributed by atoms with Crippen molar-refractivity contribution in [2.75, 3.05) is 13.7 Å². The number of nitrogens with zero attached hydrogens (tertiary/aromatic N) is 1. The first-order valence-corrected chi connectivity index (χ1v) is 10.8. The Morgan fingerprint density at radius 2 is 2.00 bits per heavy atom. The summed E-state index contributed by atoms with van der Waals surface area (Å²) in [6.45, 7) is 7.32. The first-order chi connectivity index (χ1) is 15.5. The fourth-order valence-electron chi connectivity index (χ4n) is 3.84. The number of hydrogen-bond acceptors (Lipinski definition) is 3. The van der Waals surface area contributed by atoms with Crippen molar-refractivity contribution >= 4 is 22.8 Å². The molecule has 1 aromatic heterocycles. The molecule has 0 aliphatic carbocycles. The lowest BCUT2D eigenvalue weighted by molar-refractivity contribution is -0.120. The lowest BCUT2D eigenvalue weighted by Crippen LogP contribution is -2.25. The van der Waals surface area contributed by atoms with Crippen molar-refractivity contribution in [1.82, 2.24) is 9.88 Å². The number of aromatic carboxylic acids is 1. The number of unbranched alkanes of at least 4 members (excludes halogenated alkanes) is 1. The Balaban J connectivity index is 1.94. The number of carboxylic acid groups (broad SMARTS) is 1. The smallest absolute Gasteiger partial charge is 0.335 e. The number of ether oxygens (including phenoxy) is 1. The predicted octanol–water partition coefficient (Wildman–Crippen LogP) is 4.58. The largest absolute Gasteiger partial charge is 0.496 e. The van der Waals surface area contributed by atoms with E-state index in [1.54, 1.807) is 25.3 Å². The normalized spacial score (nSPS) is 10.8.